The predicted molar refractivity (Wildman–Crippen MR) is 153 cm³/mol. The molecule has 212 valence electrons. The molecule has 40 heavy (non-hydrogen) atoms. The normalized spacial score (nSPS) is 18.4. The number of hydrogen-bond acceptors (Lipinski definition) is 5. The van der Waals surface area contributed by atoms with E-state index in [1.807, 2.05) is 44.2 Å². The molecule has 2 aromatic heterocycles. The quantitative estimate of drug-likeness (QED) is 0.398. The molecular weight excluding hydrogens is 530 g/mol. The second kappa shape index (κ2) is 9.91. The van der Waals surface area contributed by atoms with Crippen LogP contribution in [0, 0.1) is 5.41 Å². The number of hydrogen-bond donors (Lipinski definition) is 1. The van der Waals surface area contributed by atoms with Gasteiger partial charge in [-0.2, -0.15) is 0 Å². The average Bonchev–Trinajstić information content (AvgIpc) is 3.28. The number of carboxylic acid groups (broad SMARTS) is 1. The van der Waals surface area contributed by atoms with E-state index in [0.717, 1.165) is 23.2 Å². The van der Waals surface area contributed by atoms with Gasteiger partial charge in [0.15, 0.2) is 11.3 Å². The number of nitrogens with zero attached hydrogens (tertiary/aromatic N) is 3. The number of pyridine rings is 1. The zero-order chi connectivity index (χ0) is 29.0. The van der Waals surface area contributed by atoms with E-state index in [1.54, 1.807) is 15.9 Å². The molecule has 1 aliphatic heterocycles. The molecule has 1 aromatic carbocycles. The first-order chi connectivity index (χ1) is 18.7. The van der Waals surface area contributed by atoms with Crippen molar-refractivity contribution in [3.05, 3.63) is 52.7 Å². The zero-order valence-electron chi connectivity index (χ0n) is 23.7. The van der Waals surface area contributed by atoms with E-state index in [4.69, 9.17) is 21.0 Å². The Balaban J connectivity index is 1.40. The summed E-state index contributed by atoms with van der Waals surface area (Å²) in [6.07, 6.45) is 1.91. The molecular formula is C31H36ClN3O5. The Labute approximate surface area is 239 Å². The molecule has 1 aliphatic carbocycles. The number of piperazine rings is 1. The Hall–Kier alpha value is -3.39. The van der Waals surface area contributed by atoms with Gasteiger partial charge in [-0.1, -0.05) is 50.9 Å². The highest BCUT2D eigenvalue weighted by Gasteiger charge is 2.48. The third kappa shape index (κ3) is 5.09. The topological polar surface area (TPSA) is 104 Å². The predicted octanol–water partition coefficient (Wildman–Crippen LogP) is 6.15. The number of amides is 2. The van der Waals surface area contributed by atoms with Crippen molar-refractivity contribution in [2.24, 2.45) is 5.41 Å². The summed E-state index contributed by atoms with van der Waals surface area (Å²) in [5.41, 5.74) is 1.94. The number of furan rings is 1. The highest BCUT2D eigenvalue weighted by atomic mass is 35.5. The van der Waals surface area contributed by atoms with Crippen LogP contribution in [0.1, 0.15) is 76.4 Å². The zero-order valence-corrected chi connectivity index (χ0v) is 24.5. The number of aromatic nitrogens is 1. The van der Waals surface area contributed by atoms with Gasteiger partial charge in [0.2, 0.25) is 5.91 Å². The van der Waals surface area contributed by atoms with Crippen molar-refractivity contribution < 1.29 is 23.9 Å². The highest BCUT2D eigenvalue weighted by Crippen LogP contribution is 2.45. The first-order valence-corrected chi connectivity index (χ1v) is 14.1. The Morgan fingerprint density at radius 3 is 2.30 bits per heavy atom. The average molecular weight is 566 g/mol. The van der Waals surface area contributed by atoms with Crippen LogP contribution in [0.25, 0.3) is 22.4 Å². The van der Waals surface area contributed by atoms with Crippen LogP contribution >= 0.6 is 11.6 Å². The first kappa shape index (κ1) is 28.1. The number of aliphatic carboxylic acids is 1. The second-order valence-electron chi connectivity index (χ2n) is 12.8. The van der Waals surface area contributed by atoms with E-state index in [0.29, 0.717) is 48.6 Å². The van der Waals surface area contributed by atoms with Gasteiger partial charge in [0.05, 0.1) is 16.6 Å². The summed E-state index contributed by atoms with van der Waals surface area (Å²) in [4.78, 5) is 46.9. The number of fused-ring (bicyclic) bond motifs is 1. The van der Waals surface area contributed by atoms with Gasteiger partial charge in [-0.3, -0.25) is 14.4 Å². The second-order valence-corrected chi connectivity index (χ2v) is 13.3. The van der Waals surface area contributed by atoms with Crippen LogP contribution in [-0.4, -0.2) is 62.8 Å². The third-order valence-electron chi connectivity index (χ3n) is 8.39. The van der Waals surface area contributed by atoms with E-state index < -0.39 is 16.9 Å². The maximum atomic E-state index is 13.8. The standard InChI is InChI=1S/C31H36ClN3O5/c1-29(2,3)21-15-22(19-7-9-20(32)10-8-19)33-23-16-24(40-26(21)23)27(37)35-14-13-34(18-30(35,4)5)25(36)17-31(28(38)39)11-6-12-31/h7-10,15-16H,6,11-14,17-18H2,1-5H3,(H,38,39). The number of carboxylic acids is 1. The Kier molecular flexibility index (Phi) is 6.97. The molecule has 0 radical (unpaired) electrons. The van der Waals surface area contributed by atoms with Gasteiger partial charge in [0.25, 0.3) is 5.91 Å². The van der Waals surface area contributed by atoms with Crippen molar-refractivity contribution >= 4 is 40.5 Å². The lowest BCUT2D eigenvalue weighted by Crippen LogP contribution is -2.62. The number of benzene rings is 1. The van der Waals surface area contributed by atoms with Gasteiger partial charge in [-0.05, 0) is 50.3 Å². The molecule has 1 saturated carbocycles. The molecule has 1 N–H and O–H groups in total. The fraction of sp³-hybridized carbons (Fsp3) is 0.484. The molecule has 2 amide bonds. The molecule has 1 saturated heterocycles. The van der Waals surface area contributed by atoms with E-state index in [-0.39, 0.29) is 29.4 Å². The molecule has 0 spiro atoms. The summed E-state index contributed by atoms with van der Waals surface area (Å²) in [7, 11) is 0. The minimum Gasteiger partial charge on any atom is -0.481 e. The molecule has 3 heterocycles. The summed E-state index contributed by atoms with van der Waals surface area (Å²) in [6.45, 7) is 11.1. The van der Waals surface area contributed by atoms with Crippen LogP contribution in [-0.2, 0) is 15.0 Å². The van der Waals surface area contributed by atoms with Gasteiger partial charge >= 0.3 is 5.97 Å². The molecule has 2 fully saturated rings. The summed E-state index contributed by atoms with van der Waals surface area (Å²) in [5, 5.41) is 10.3. The first-order valence-electron chi connectivity index (χ1n) is 13.7. The summed E-state index contributed by atoms with van der Waals surface area (Å²) in [6, 6.07) is 11.2. The van der Waals surface area contributed by atoms with Crippen LogP contribution < -0.4 is 0 Å². The fourth-order valence-corrected chi connectivity index (χ4v) is 5.93. The molecule has 5 rings (SSSR count). The molecule has 0 unspecified atom stereocenters. The fourth-order valence-electron chi connectivity index (χ4n) is 5.80. The van der Waals surface area contributed by atoms with Gasteiger partial charge in [0.1, 0.15) is 5.52 Å². The molecule has 8 nitrogen and oxygen atoms in total. The molecule has 0 bridgehead atoms. The van der Waals surface area contributed by atoms with Crippen LogP contribution in [0.15, 0.2) is 40.8 Å². The lowest BCUT2D eigenvalue weighted by Gasteiger charge is -2.47. The number of carbonyl (C=O) groups excluding carboxylic acids is 2. The number of halogens is 1. The van der Waals surface area contributed by atoms with Crippen molar-refractivity contribution in [1.29, 1.82) is 0 Å². The maximum absolute atomic E-state index is 13.8. The highest BCUT2D eigenvalue weighted by molar-refractivity contribution is 6.30. The number of rotatable bonds is 5. The monoisotopic (exact) mass is 565 g/mol. The third-order valence-corrected chi connectivity index (χ3v) is 8.64. The van der Waals surface area contributed by atoms with Gasteiger partial charge < -0.3 is 19.3 Å². The van der Waals surface area contributed by atoms with Gasteiger partial charge in [-0.15, -0.1) is 0 Å². The van der Waals surface area contributed by atoms with Crippen molar-refractivity contribution in [3.8, 4) is 11.3 Å². The van der Waals surface area contributed by atoms with Crippen molar-refractivity contribution in [3.63, 3.8) is 0 Å². The van der Waals surface area contributed by atoms with Crippen LogP contribution in [0.4, 0.5) is 0 Å². The molecule has 0 atom stereocenters. The van der Waals surface area contributed by atoms with E-state index in [2.05, 4.69) is 20.8 Å². The Morgan fingerprint density at radius 1 is 1.07 bits per heavy atom. The van der Waals surface area contributed by atoms with Crippen molar-refractivity contribution in [1.82, 2.24) is 14.8 Å². The molecule has 3 aromatic rings. The van der Waals surface area contributed by atoms with Gasteiger partial charge in [0, 0.05) is 48.3 Å². The summed E-state index contributed by atoms with van der Waals surface area (Å²) < 4.78 is 6.21. The van der Waals surface area contributed by atoms with E-state index in [9.17, 15) is 19.5 Å². The minimum atomic E-state index is -0.939. The maximum Gasteiger partial charge on any atom is 0.310 e. The largest absolute Gasteiger partial charge is 0.481 e. The lowest BCUT2D eigenvalue weighted by atomic mass is 9.66. The van der Waals surface area contributed by atoms with Crippen molar-refractivity contribution in [2.75, 3.05) is 19.6 Å². The number of carbonyl (C=O) groups is 3. The van der Waals surface area contributed by atoms with Crippen LogP contribution in [0.3, 0.4) is 0 Å². The molecule has 9 heteroatoms. The van der Waals surface area contributed by atoms with E-state index in [1.165, 1.54) is 0 Å². The lowest BCUT2D eigenvalue weighted by molar-refractivity contribution is -0.160. The van der Waals surface area contributed by atoms with Crippen LogP contribution in [0.5, 0.6) is 0 Å². The minimum absolute atomic E-state index is 0.00708. The SMILES string of the molecule is CC(C)(C)c1cc(-c2ccc(Cl)cc2)nc2cc(C(=O)N3CCN(C(=O)CC4(C(=O)O)CCC4)CC3(C)C)oc12. The van der Waals surface area contributed by atoms with E-state index >= 15 is 0 Å². The summed E-state index contributed by atoms with van der Waals surface area (Å²) in [5.74, 6) is -1.12. The molecule has 2 aliphatic rings. The smallest absolute Gasteiger partial charge is 0.310 e. The van der Waals surface area contributed by atoms with Gasteiger partial charge in [-0.25, -0.2) is 4.98 Å². The Bertz CT molecular complexity index is 1480. The van der Waals surface area contributed by atoms with Crippen molar-refractivity contribution in [2.45, 2.75) is 71.3 Å². The Morgan fingerprint density at radius 2 is 1.75 bits per heavy atom. The summed E-state index contributed by atoms with van der Waals surface area (Å²) >= 11 is 6.09. The van der Waals surface area contributed by atoms with Crippen LogP contribution in [0.2, 0.25) is 5.02 Å².